The standard InChI is InChI=1S/C40H87NOSi3/c1-11-26-43(27-12-2,28-13-3)35-20-23-40(38-41-39(10)42,24-21-36-44(29-14-4,30-15-5)31-16-6)25-22-37-45(32-17-7,33-18-8)34-19-9/h11-38H2,1-10H3,(H,41,42)/i1T,2T,3T,4T,5T,6T,7T,8T,9T. The summed E-state index contributed by atoms with van der Waals surface area (Å²) in [5.41, 5.74) is -0.0487. The number of nitrogens with one attached hydrogen (secondary N) is 1. The highest BCUT2D eigenvalue weighted by atomic mass is 28.3. The highest BCUT2D eigenvalue weighted by Crippen LogP contribution is 2.43. The summed E-state index contributed by atoms with van der Waals surface area (Å²) in [6.07, 6.45) is 14.7. The molecule has 5 heteroatoms. The molecular formula is C40H87NOSi3. The van der Waals surface area contributed by atoms with E-state index in [0.29, 0.717) is 68.6 Å². The minimum absolute atomic E-state index is 0.0135. The molecule has 0 spiro atoms. The van der Waals surface area contributed by atoms with Crippen molar-refractivity contribution in [1.82, 2.24) is 5.32 Å². The maximum atomic E-state index is 12.6. The molecule has 2 nitrogen and oxygen atoms in total. The Labute approximate surface area is 301 Å². The Morgan fingerprint density at radius 3 is 0.911 bits per heavy atom. The Balaban J connectivity index is 6.78. The second kappa shape index (κ2) is 26.0. The molecule has 1 N–H and O–H groups in total. The molecule has 45 heavy (non-hydrogen) atoms. The van der Waals surface area contributed by atoms with Gasteiger partial charge in [0.15, 0.2) is 0 Å². The molecule has 0 rings (SSSR count). The lowest BCUT2D eigenvalue weighted by Gasteiger charge is -2.40. The Kier molecular flexibility index (Phi) is 18.0. The van der Waals surface area contributed by atoms with Gasteiger partial charge in [0.1, 0.15) is 0 Å². The molecule has 0 aliphatic heterocycles. The van der Waals surface area contributed by atoms with Crippen molar-refractivity contribution < 1.29 is 17.1 Å². The molecule has 0 aromatic rings. The topological polar surface area (TPSA) is 29.1 Å². The number of rotatable bonds is 32. The van der Waals surface area contributed by atoms with E-state index < -0.39 is 24.2 Å². The SMILES string of the molecule is [3H]CCC[Si](CCC[3H])(CCC[3H])CCCC(CCC[Si](CCC[3H])(CCC[3H])CCC[3H])(CCC[Si](CCC[3H])(CCC[3H])CCC[3H])CNC(C)=O. The zero-order valence-corrected chi connectivity index (χ0v) is 33.6. The van der Waals surface area contributed by atoms with E-state index in [1.54, 1.807) is 6.92 Å². The number of hydrogen-bond acceptors (Lipinski definition) is 1. The molecule has 0 heterocycles. The minimum atomic E-state index is -1.76. The van der Waals surface area contributed by atoms with Crippen molar-refractivity contribution in [2.45, 2.75) is 238 Å². The van der Waals surface area contributed by atoms with Crippen LogP contribution in [0.4, 0.5) is 0 Å². The number of carbonyl (C=O) groups excluding carboxylic acids is 1. The lowest BCUT2D eigenvalue weighted by atomic mass is 9.75. The molecule has 0 aliphatic rings. The van der Waals surface area contributed by atoms with Gasteiger partial charge in [-0.1, -0.05) is 212 Å². The minimum Gasteiger partial charge on any atom is -0.356 e. The van der Waals surface area contributed by atoms with Crippen LogP contribution in [0.2, 0.25) is 72.5 Å². The van der Waals surface area contributed by atoms with Gasteiger partial charge in [-0.2, -0.15) is 0 Å². The van der Waals surface area contributed by atoms with E-state index in [0.717, 1.165) is 151 Å². The summed E-state index contributed by atoms with van der Waals surface area (Å²) in [6, 6.07) is 13.7. The highest BCUT2D eigenvalue weighted by Gasteiger charge is 2.37. The predicted molar refractivity (Wildman–Crippen MR) is 216 cm³/mol. The van der Waals surface area contributed by atoms with Crippen molar-refractivity contribution in [2.24, 2.45) is 5.41 Å². The van der Waals surface area contributed by atoms with Crippen LogP contribution in [0.5, 0.6) is 0 Å². The summed E-state index contributed by atoms with van der Waals surface area (Å²) >= 11 is 0. The molecule has 0 fully saturated rings. The predicted octanol–water partition coefficient (Wildman–Crippen LogP) is 14.5. The van der Waals surface area contributed by atoms with E-state index in [-0.39, 0.29) is 11.3 Å². The Morgan fingerprint density at radius 1 is 0.467 bits per heavy atom. The maximum absolute atomic E-state index is 12.6. The summed E-state index contributed by atoms with van der Waals surface area (Å²) < 4.78 is 71.7. The van der Waals surface area contributed by atoms with Gasteiger partial charge in [0.05, 0.1) is 24.2 Å². The van der Waals surface area contributed by atoms with Crippen LogP contribution in [0.15, 0.2) is 0 Å². The van der Waals surface area contributed by atoms with Crippen LogP contribution in [0, 0.1) is 5.41 Å². The summed E-state index contributed by atoms with van der Waals surface area (Å²) in [6.45, 7) is 6.32. The molecule has 0 bridgehead atoms. The van der Waals surface area contributed by atoms with Gasteiger partial charge in [0.2, 0.25) is 5.91 Å². The monoisotopic (exact) mass is 700 g/mol. The van der Waals surface area contributed by atoms with Crippen LogP contribution in [-0.2, 0) is 4.79 Å². The van der Waals surface area contributed by atoms with Gasteiger partial charge in [-0.3, -0.25) is 4.79 Å². The Morgan fingerprint density at radius 2 is 0.711 bits per heavy atom. The molecule has 0 unspecified atom stereocenters. The Hall–Kier alpha value is 0.121. The second-order valence-electron chi connectivity index (χ2n) is 14.9. The van der Waals surface area contributed by atoms with E-state index in [4.69, 9.17) is 12.3 Å². The average Bonchev–Trinajstić information content (AvgIpc) is 3.18. The van der Waals surface area contributed by atoms with Gasteiger partial charge >= 0.3 is 0 Å². The average molecular weight is 700 g/mol. The molecular weight excluding hydrogens is 595 g/mol. The fourth-order valence-electron chi connectivity index (χ4n) is 9.09. The van der Waals surface area contributed by atoms with E-state index in [1.165, 1.54) is 18.1 Å². The highest BCUT2D eigenvalue weighted by molar-refractivity contribution is 6.80. The van der Waals surface area contributed by atoms with Crippen molar-refractivity contribution in [3.05, 3.63) is 0 Å². The first-order valence-electron chi connectivity index (χ1n) is 25.3. The molecule has 0 radical (unpaired) electrons. The number of hydrogen-bond donors (Lipinski definition) is 1. The summed E-state index contributed by atoms with van der Waals surface area (Å²) in [7, 11) is -5.27. The first kappa shape index (κ1) is 31.1. The molecule has 0 atom stereocenters. The van der Waals surface area contributed by atoms with Crippen molar-refractivity contribution in [3.8, 4) is 0 Å². The van der Waals surface area contributed by atoms with Crippen LogP contribution < -0.4 is 5.32 Å². The molecule has 0 saturated heterocycles. The largest absolute Gasteiger partial charge is 0.356 e. The zero-order chi connectivity index (χ0) is 40.4. The van der Waals surface area contributed by atoms with Gasteiger partial charge in [-0.15, -0.1) is 0 Å². The first-order valence-corrected chi connectivity index (χ1v) is 27.4. The van der Waals surface area contributed by atoms with E-state index >= 15 is 0 Å². The van der Waals surface area contributed by atoms with Crippen LogP contribution >= 0.6 is 0 Å². The van der Waals surface area contributed by atoms with Gasteiger partial charge in [0, 0.05) is 25.8 Å². The lowest BCUT2D eigenvalue weighted by molar-refractivity contribution is -0.119. The first-order chi connectivity index (χ1) is 26.1. The molecule has 1 amide bonds. The third-order valence-electron chi connectivity index (χ3n) is 11.3. The van der Waals surface area contributed by atoms with Gasteiger partial charge in [-0.05, 0) is 24.7 Å². The van der Waals surface area contributed by atoms with Crippen LogP contribution in [-0.4, -0.2) is 36.7 Å². The fraction of sp³-hybridized carbons (Fsp3) is 0.975. The van der Waals surface area contributed by atoms with Crippen molar-refractivity contribution in [2.75, 3.05) is 6.54 Å². The van der Waals surface area contributed by atoms with Gasteiger partial charge < -0.3 is 5.32 Å². The van der Waals surface area contributed by atoms with Crippen molar-refractivity contribution >= 4 is 30.1 Å². The zero-order valence-electron chi connectivity index (χ0n) is 39.6. The summed E-state index contributed by atoms with van der Waals surface area (Å²) in [5, 5.41) is 3.31. The molecule has 0 aliphatic carbocycles. The molecule has 0 aromatic heterocycles. The molecule has 0 aromatic carbocycles. The molecule has 0 saturated carbocycles. The van der Waals surface area contributed by atoms with E-state index in [2.05, 4.69) is 5.32 Å². The second-order valence-corrected chi connectivity index (χ2v) is 29.9. The summed E-state index contributed by atoms with van der Waals surface area (Å²) in [4.78, 5) is 12.6. The molecule has 270 valence electrons. The van der Waals surface area contributed by atoms with Crippen molar-refractivity contribution in [1.29, 1.82) is 0 Å². The fourth-order valence-corrected chi connectivity index (χ4v) is 23.1. The van der Waals surface area contributed by atoms with Crippen LogP contribution in [0.25, 0.3) is 0 Å². The van der Waals surface area contributed by atoms with Crippen LogP contribution in [0.1, 0.15) is 178 Å². The summed E-state index contributed by atoms with van der Waals surface area (Å²) in [5.74, 6) is 0.0135. The number of amides is 1. The third-order valence-corrected chi connectivity index (χ3v) is 28.3. The van der Waals surface area contributed by atoms with Gasteiger partial charge in [0.25, 0.3) is 0 Å². The normalized spacial score (nSPS) is 15.6. The quantitative estimate of drug-likeness (QED) is 0.0696. The lowest BCUT2D eigenvalue weighted by Crippen LogP contribution is -2.40. The van der Waals surface area contributed by atoms with E-state index in [1.807, 2.05) is 0 Å². The van der Waals surface area contributed by atoms with Crippen molar-refractivity contribution in [3.63, 3.8) is 0 Å². The van der Waals surface area contributed by atoms with Crippen LogP contribution in [0.3, 0.4) is 0 Å². The maximum Gasteiger partial charge on any atom is 0.216 e. The van der Waals surface area contributed by atoms with E-state index in [9.17, 15) is 4.79 Å². The number of carbonyl (C=O) groups is 1. The smallest absolute Gasteiger partial charge is 0.216 e. The third kappa shape index (κ3) is 17.9. The van der Waals surface area contributed by atoms with Gasteiger partial charge in [-0.25, -0.2) is 0 Å². The Bertz CT molecular complexity index is 722.